The van der Waals surface area contributed by atoms with Crippen LogP contribution in [0.15, 0.2) is 48.7 Å². The second-order valence-corrected chi connectivity index (χ2v) is 8.52. The number of aryl methyl sites for hydroxylation is 1. The maximum Gasteiger partial charge on any atom is 0.414 e. The molecule has 1 fully saturated rings. The van der Waals surface area contributed by atoms with Gasteiger partial charge in [-0.25, -0.2) is 4.79 Å². The minimum Gasteiger partial charge on any atom is -0.454 e. The molecule has 2 aromatic rings. The standard InChI is InChI=1S/C24H25N3O4/c1-16-2-4-20-17(12-16)14-29-24(28)27(20)18-6-9-25(10-7-18)23-8-11-26(23)19-3-5-21-22(13-19)31-15-30-21/h2-5,8,11-13,18,23H,6-7,9-10,14-15H2,1H3. The Hall–Kier alpha value is -3.19. The van der Waals surface area contributed by atoms with E-state index in [4.69, 9.17) is 14.2 Å². The highest BCUT2D eigenvalue weighted by Crippen LogP contribution is 2.39. The lowest BCUT2D eigenvalue weighted by molar-refractivity contribution is 0.127. The summed E-state index contributed by atoms with van der Waals surface area (Å²) < 4.78 is 16.4. The zero-order chi connectivity index (χ0) is 20.9. The van der Waals surface area contributed by atoms with Crippen molar-refractivity contribution in [3.63, 3.8) is 0 Å². The third kappa shape index (κ3) is 3.11. The predicted molar refractivity (Wildman–Crippen MR) is 116 cm³/mol. The molecule has 7 nitrogen and oxygen atoms in total. The van der Waals surface area contributed by atoms with Crippen molar-refractivity contribution in [2.75, 3.05) is 29.7 Å². The van der Waals surface area contributed by atoms with Crippen LogP contribution >= 0.6 is 0 Å². The largest absolute Gasteiger partial charge is 0.454 e. The summed E-state index contributed by atoms with van der Waals surface area (Å²) in [5.74, 6) is 1.60. The topological polar surface area (TPSA) is 54.5 Å². The molecule has 6 rings (SSSR count). The van der Waals surface area contributed by atoms with Gasteiger partial charge in [0.15, 0.2) is 11.5 Å². The minimum absolute atomic E-state index is 0.161. The van der Waals surface area contributed by atoms with Crippen molar-refractivity contribution >= 4 is 17.5 Å². The van der Waals surface area contributed by atoms with Crippen molar-refractivity contribution in [3.05, 3.63) is 59.8 Å². The van der Waals surface area contributed by atoms with Crippen LogP contribution in [0.2, 0.25) is 0 Å². The van der Waals surface area contributed by atoms with Gasteiger partial charge in [-0.2, -0.15) is 0 Å². The third-order valence-corrected chi connectivity index (χ3v) is 6.64. The molecule has 4 heterocycles. The molecule has 1 unspecified atom stereocenters. The number of likely N-dealkylation sites (tertiary alicyclic amines) is 1. The van der Waals surface area contributed by atoms with E-state index in [0.29, 0.717) is 6.61 Å². The van der Waals surface area contributed by atoms with Crippen molar-refractivity contribution in [1.82, 2.24) is 4.90 Å². The number of rotatable bonds is 3. The van der Waals surface area contributed by atoms with Crippen LogP contribution in [-0.2, 0) is 11.3 Å². The molecule has 2 aromatic carbocycles. The molecule has 160 valence electrons. The second-order valence-electron chi connectivity index (χ2n) is 8.52. The maximum atomic E-state index is 12.6. The Morgan fingerprint density at radius 2 is 1.81 bits per heavy atom. The fourth-order valence-electron chi connectivity index (χ4n) is 4.96. The molecule has 0 radical (unpaired) electrons. The Morgan fingerprint density at radius 3 is 2.61 bits per heavy atom. The van der Waals surface area contributed by atoms with Gasteiger partial charge in [0.25, 0.3) is 0 Å². The van der Waals surface area contributed by atoms with E-state index in [2.05, 4.69) is 53.3 Å². The van der Waals surface area contributed by atoms with Gasteiger partial charge in [-0.1, -0.05) is 17.7 Å². The number of benzene rings is 2. The Morgan fingerprint density at radius 1 is 0.968 bits per heavy atom. The van der Waals surface area contributed by atoms with Crippen LogP contribution in [-0.4, -0.2) is 43.1 Å². The molecular weight excluding hydrogens is 394 g/mol. The molecule has 31 heavy (non-hydrogen) atoms. The molecule has 0 N–H and O–H groups in total. The van der Waals surface area contributed by atoms with E-state index in [0.717, 1.165) is 54.4 Å². The second kappa shape index (κ2) is 7.20. The van der Waals surface area contributed by atoms with Crippen molar-refractivity contribution in [2.24, 2.45) is 0 Å². The maximum absolute atomic E-state index is 12.6. The highest BCUT2D eigenvalue weighted by molar-refractivity contribution is 5.91. The van der Waals surface area contributed by atoms with E-state index < -0.39 is 0 Å². The number of fused-ring (bicyclic) bond motifs is 2. The lowest BCUT2D eigenvalue weighted by atomic mass is 9.99. The summed E-state index contributed by atoms with van der Waals surface area (Å²) in [4.78, 5) is 19.2. The monoisotopic (exact) mass is 419 g/mol. The van der Waals surface area contributed by atoms with Crippen molar-refractivity contribution in [2.45, 2.75) is 38.6 Å². The third-order valence-electron chi connectivity index (χ3n) is 6.64. The van der Waals surface area contributed by atoms with Gasteiger partial charge in [0.05, 0.1) is 5.69 Å². The Bertz CT molecular complexity index is 1060. The van der Waals surface area contributed by atoms with Crippen molar-refractivity contribution in [1.29, 1.82) is 0 Å². The summed E-state index contributed by atoms with van der Waals surface area (Å²) in [6, 6.07) is 12.5. The van der Waals surface area contributed by atoms with Gasteiger partial charge in [-0.3, -0.25) is 9.80 Å². The van der Waals surface area contributed by atoms with Gasteiger partial charge >= 0.3 is 6.09 Å². The molecule has 0 aliphatic carbocycles. The lowest BCUT2D eigenvalue weighted by Crippen LogP contribution is -2.56. The highest BCUT2D eigenvalue weighted by atomic mass is 16.7. The molecule has 1 atom stereocenters. The Kier molecular flexibility index (Phi) is 4.31. The number of hydrogen-bond donors (Lipinski definition) is 0. The lowest BCUT2D eigenvalue weighted by Gasteiger charge is -2.47. The summed E-state index contributed by atoms with van der Waals surface area (Å²) in [6.07, 6.45) is 6.17. The van der Waals surface area contributed by atoms with Gasteiger partial charge in [-0.15, -0.1) is 0 Å². The molecule has 1 amide bonds. The number of cyclic esters (lactones) is 1. The van der Waals surface area contributed by atoms with Crippen LogP contribution < -0.4 is 19.3 Å². The first-order valence-electron chi connectivity index (χ1n) is 10.8. The smallest absolute Gasteiger partial charge is 0.414 e. The fourth-order valence-corrected chi connectivity index (χ4v) is 4.96. The van der Waals surface area contributed by atoms with Gasteiger partial charge < -0.3 is 19.1 Å². The SMILES string of the molecule is Cc1ccc2c(c1)COC(=O)N2C1CCN(C2C=CN2c2ccc3c(c2)OCO3)CC1. The average molecular weight is 419 g/mol. The number of amides is 1. The van der Waals surface area contributed by atoms with Crippen LogP contribution in [0.25, 0.3) is 0 Å². The van der Waals surface area contributed by atoms with Crippen LogP contribution in [0, 0.1) is 6.92 Å². The number of piperidine rings is 1. The van der Waals surface area contributed by atoms with E-state index in [1.807, 2.05) is 17.0 Å². The van der Waals surface area contributed by atoms with Crippen molar-refractivity contribution < 1.29 is 19.0 Å². The highest BCUT2D eigenvalue weighted by Gasteiger charge is 2.37. The molecular formula is C24H25N3O4. The summed E-state index contributed by atoms with van der Waals surface area (Å²) in [7, 11) is 0. The first-order valence-corrected chi connectivity index (χ1v) is 10.8. The molecule has 1 saturated heterocycles. The molecule has 7 heteroatoms. The number of hydrogen-bond acceptors (Lipinski definition) is 6. The quantitative estimate of drug-likeness (QED) is 0.750. The normalized spacial score (nSPS) is 22.9. The number of carbonyl (C=O) groups is 1. The first-order chi connectivity index (χ1) is 15.2. The van der Waals surface area contributed by atoms with Crippen molar-refractivity contribution in [3.8, 4) is 11.5 Å². The van der Waals surface area contributed by atoms with Crippen LogP contribution in [0.1, 0.15) is 24.0 Å². The van der Waals surface area contributed by atoms with Gasteiger partial charge in [0, 0.05) is 42.6 Å². The Balaban J connectivity index is 1.15. The Labute approximate surface area is 181 Å². The number of carbonyl (C=O) groups excluding carboxylic acids is 1. The van der Waals surface area contributed by atoms with Crippen LogP contribution in [0.4, 0.5) is 16.2 Å². The van der Waals surface area contributed by atoms with Gasteiger partial charge in [-0.05, 0) is 44.0 Å². The van der Waals surface area contributed by atoms with E-state index >= 15 is 0 Å². The molecule has 0 bridgehead atoms. The fraction of sp³-hybridized carbons (Fsp3) is 0.375. The summed E-state index contributed by atoms with van der Waals surface area (Å²) in [6.45, 7) is 4.56. The predicted octanol–water partition coefficient (Wildman–Crippen LogP) is 4.00. The van der Waals surface area contributed by atoms with E-state index in [1.165, 1.54) is 5.56 Å². The number of anilines is 2. The molecule has 0 spiro atoms. The summed E-state index contributed by atoms with van der Waals surface area (Å²) >= 11 is 0. The molecule has 4 aliphatic rings. The summed E-state index contributed by atoms with van der Waals surface area (Å²) in [5, 5.41) is 0. The average Bonchev–Trinajstić information content (AvgIpc) is 3.22. The zero-order valence-corrected chi connectivity index (χ0v) is 17.5. The molecule has 4 aliphatic heterocycles. The molecule has 0 aromatic heterocycles. The zero-order valence-electron chi connectivity index (χ0n) is 17.5. The van der Waals surface area contributed by atoms with E-state index in [1.54, 1.807) is 0 Å². The van der Waals surface area contributed by atoms with Crippen LogP contribution in [0.5, 0.6) is 11.5 Å². The van der Waals surface area contributed by atoms with E-state index in [9.17, 15) is 4.79 Å². The number of nitrogens with zero attached hydrogens (tertiary/aromatic N) is 3. The van der Waals surface area contributed by atoms with Gasteiger partial charge in [0.1, 0.15) is 12.8 Å². The minimum atomic E-state index is -0.222. The van der Waals surface area contributed by atoms with Gasteiger partial charge in [0.2, 0.25) is 6.79 Å². The molecule has 0 saturated carbocycles. The van der Waals surface area contributed by atoms with Crippen LogP contribution in [0.3, 0.4) is 0 Å². The summed E-state index contributed by atoms with van der Waals surface area (Å²) in [5.41, 5.74) is 4.39. The number of ether oxygens (including phenoxy) is 3. The van der Waals surface area contributed by atoms with E-state index in [-0.39, 0.29) is 25.1 Å². The first kappa shape index (κ1) is 18.6.